The largest absolute Gasteiger partial charge is 0.352 e. The molecule has 0 heterocycles. The summed E-state index contributed by atoms with van der Waals surface area (Å²) in [6.45, 7) is 4.67. The van der Waals surface area contributed by atoms with Crippen molar-refractivity contribution in [2.75, 3.05) is 6.54 Å². The molecule has 78 valence electrons. The minimum Gasteiger partial charge on any atom is -0.352 e. The quantitative estimate of drug-likeness (QED) is 0.730. The lowest BCUT2D eigenvalue weighted by Gasteiger charge is -2.11. The number of carbonyl (C=O) groups excluding carboxylic acids is 1. The zero-order valence-corrected chi connectivity index (χ0v) is 9.05. The second-order valence-corrected chi connectivity index (χ2v) is 3.79. The predicted octanol–water partition coefficient (Wildman–Crippen LogP) is 2.43. The van der Waals surface area contributed by atoms with Crippen molar-refractivity contribution in [3.05, 3.63) is 23.8 Å². The molecule has 1 N–H and O–H groups in total. The van der Waals surface area contributed by atoms with Gasteiger partial charge in [0.2, 0.25) is 5.91 Å². The monoisotopic (exact) mass is 193 g/mol. The molecule has 14 heavy (non-hydrogen) atoms. The number of hydrogen-bond donors (Lipinski definition) is 1. The van der Waals surface area contributed by atoms with Crippen LogP contribution < -0.4 is 5.32 Å². The maximum absolute atomic E-state index is 11.5. The number of nitrogens with one attached hydrogen (secondary N) is 1. The number of allylic oxidation sites excluding steroid dienone is 2. The van der Waals surface area contributed by atoms with Crippen LogP contribution in [0.1, 0.15) is 33.1 Å². The molecule has 1 amide bonds. The molecule has 0 aromatic heterocycles. The van der Waals surface area contributed by atoms with Crippen molar-refractivity contribution in [3.63, 3.8) is 0 Å². The van der Waals surface area contributed by atoms with Crippen LogP contribution in [0.15, 0.2) is 23.8 Å². The van der Waals surface area contributed by atoms with Gasteiger partial charge in [0.15, 0.2) is 0 Å². The number of carbonyl (C=O) groups is 1. The van der Waals surface area contributed by atoms with Gasteiger partial charge in [0, 0.05) is 12.5 Å². The van der Waals surface area contributed by atoms with Gasteiger partial charge in [0.1, 0.15) is 0 Å². The van der Waals surface area contributed by atoms with Gasteiger partial charge in [-0.25, -0.2) is 0 Å². The molecule has 0 saturated heterocycles. The third kappa shape index (κ3) is 3.36. The lowest BCUT2D eigenvalue weighted by atomic mass is 10.1. The summed E-state index contributed by atoms with van der Waals surface area (Å²) >= 11 is 0. The van der Waals surface area contributed by atoms with Gasteiger partial charge in [-0.3, -0.25) is 4.79 Å². The first-order chi connectivity index (χ1) is 6.74. The minimum atomic E-state index is 0.128. The second kappa shape index (κ2) is 5.63. The highest BCUT2D eigenvalue weighted by Crippen LogP contribution is 2.08. The molecule has 2 nitrogen and oxygen atoms in total. The van der Waals surface area contributed by atoms with Crippen LogP contribution in [0.3, 0.4) is 0 Å². The Labute approximate surface area is 86.1 Å². The third-order valence-electron chi connectivity index (χ3n) is 2.60. The molecule has 2 heteroatoms. The van der Waals surface area contributed by atoms with E-state index in [1.54, 1.807) is 0 Å². The minimum absolute atomic E-state index is 0.128. The van der Waals surface area contributed by atoms with Crippen molar-refractivity contribution >= 4 is 5.91 Å². The Kier molecular flexibility index (Phi) is 4.44. The summed E-state index contributed by atoms with van der Waals surface area (Å²) in [5, 5.41) is 2.94. The van der Waals surface area contributed by atoms with Crippen LogP contribution in [0.2, 0.25) is 0 Å². The standard InChI is InChI=1S/C12H19NO/c1-3-10(2)12(14)13-9-11-7-5-4-6-8-11/h5,7-8,10H,3-4,6,9H2,1-2H3,(H,13,14). The molecular formula is C12H19NO. The fourth-order valence-corrected chi connectivity index (χ4v) is 1.35. The van der Waals surface area contributed by atoms with E-state index in [4.69, 9.17) is 0 Å². The Morgan fingerprint density at radius 1 is 1.57 bits per heavy atom. The van der Waals surface area contributed by atoms with Crippen LogP contribution in [0.25, 0.3) is 0 Å². The van der Waals surface area contributed by atoms with Gasteiger partial charge >= 0.3 is 0 Å². The maximum Gasteiger partial charge on any atom is 0.223 e. The summed E-state index contributed by atoms with van der Waals surface area (Å²) in [4.78, 5) is 11.5. The van der Waals surface area contributed by atoms with Crippen LogP contribution in [0.4, 0.5) is 0 Å². The molecule has 0 fully saturated rings. The molecule has 0 aromatic carbocycles. The first-order valence-electron chi connectivity index (χ1n) is 5.37. The molecule has 1 atom stereocenters. The molecule has 1 aliphatic carbocycles. The number of hydrogen-bond acceptors (Lipinski definition) is 1. The van der Waals surface area contributed by atoms with E-state index >= 15 is 0 Å². The van der Waals surface area contributed by atoms with E-state index in [0.29, 0.717) is 6.54 Å². The Morgan fingerprint density at radius 2 is 2.36 bits per heavy atom. The van der Waals surface area contributed by atoms with Crippen LogP contribution in [0.5, 0.6) is 0 Å². The van der Waals surface area contributed by atoms with Gasteiger partial charge in [-0.15, -0.1) is 0 Å². The van der Waals surface area contributed by atoms with Crippen molar-refractivity contribution in [2.45, 2.75) is 33.1 Å². The summed E-state index contributed by atoms with van der Waals surface area (Å²) in [5.74, 6) is 0.288. The molecule has 0 radical (unpaired) electrons. The van der Waals surface area contributed by atoms with E-state index in [0.717, 1.165) is 19.3 Å². The zero-order chi connectivity index (χ0) is 10.4. The second-order valence-electron chi connectivity index (χ2n) is 3.79. The molecule has 1 rings (SSSR count). The molecule has 0 aromatic rings. The van der Waals surface area contributed by atoms with E-state index in [2.05, 4.69) is 23.5 Å². The Balaban J connectivity index is 2.29. The van der Waals surface area contributed by atoms with Crippen molar-refractivity contribution in [1.82, 2.24) is 5.32 Å². The topological polar surface area (TPSA) is 29.1 Å². The predicted molar refractivity (Wildman–Crippen MR) is 58.9 cm³/mol. The van der Waals surface area contributed by atoms with Gasteiger partial charge < -0.3 is 5.32 Å². The SMILES string of the molecule is CCC(C)C(=O)NCC1=CCCC=C1. The smallest absolute Gasteiger partial charge is 0.223 e. The molecule has 0 saturated carbocycles. The van der Waals surface area contributed by atoms with Crippen LogP contribution in [-0.4, -0.2) is 12.5 Å². The van der Waals surface area contributed by atoms with Crippen LogP contribution >= 0.6 is 0 Å². The molecule has 0 spiro atoms. The lowest BCUT2D eigenvalue weighted by Crippen LogP contribution is -2.30. The van der Waals surface area contributed by atoms with Crippen molar-refractivity contribution < 1.29 is 4.79 Å². The highest BCUT2D eigenvalue weighted by atomic mass is 16.1. The van der Waals surface area contributed by atoms with Crippen molar-refractivity contribution in [1.29, 1.82) is 0 Å². The summed E-state index contributed by atoms with van der Waals surface area (Å²) in [7, 11) is 0. The van der Waals surface area contributed by atoms with Crippen molar-refractivity contribution in [2.24, 2.45) is 5.92 Å². The Hall–Kier alpha value is -1.05. The third-order valence-corrected chi connectivity index (χ3v) is 2.60. The molecule has 1 unspecified atom stereocenters. The fourth-order valence-electron chi connectivity index (χ4n) is 1.35. The number of rotatable bonds is 4. The van der Waals surface area contributed by atoms with E-state index in [-0.39, 0.29) is 11.8 Å². The summed E-state index contributed by atoms with van der Waals surface area (Å²) in [5.41, 5.74) is 1.23. The van der Waals surface area contributed by atoms with E-state index in [1.807, 2.05) is 13.8 Å². The Morgan fingerprint density at radius 3 is 2.93 bits per heavy atom. The van der Waals surface area contributed by atoms with E-state index in [1.165, 1.54) is 5.57 Å². The van der Waals surface area contributed by atoms with Gasteiger partial charge in [-0.05, 0) is 24.8 Å². The highest BCUT2D eigenvalue weighted by molar-refractivity contribution is 5.78. The normalized spacial score (nSPS) is 17.4. The highest BCUT2D eigenvalue weighted by Gasteiger charge is 2.09. The van der Waals surface area contributed by atoms with E-state index in [9.17, 15) is 4.79 Å². The molecule has 1 aliphatic rings. The summed E-state index contributed by atoms with van der Waals surface area (Å²) in [6, 6.07) is 0. The Bertz CT molecular complexity index is 253. The molecular weight excluding hydrogens is 174 g/mol. The lowest BCUT2D eigenvalue weighted by molar-refractivity contribution is -0.124. The van der Waals surface area contributed by atoms with Crippen LogP contribution in [0, 0.1) is 5.92 Å². The zero-order valence-electron chi connectivity index (χ0n) is 9.05. The maximum atomic E-state index is 11.5. The van der Waals surface area contributed by atoms with Crippen molar-refractivity contribution in [3.8, 4) is 0 Å². The van der Waals surface area contributed by atoms with Gasteiger partial charge in [0.05, 0.1) is 0 Å². The van der Waals surface area contributed by atoms with Crippen LogP contribution in [-0.2, 0) is 4.79 Å². The first kappa shape index (κ1) is 11.0. The van der Waals surface area contributed by atoms with Gasteiger partial charge in [-0.2, -0.15) is 0 Å². The summed E-state index contributed by atoms with van der Waals surface area (Å²) in [6.07, 6.45) is 9.58. The van der Waals surface area contributed by atoms with E-state index < -0.39 is 0 Å². The average molecular weight is 193 g/mol. The first-order valence-corrected chi connectivity index (χ1v) is 5.37. The number of amides is 1. The average Bonchev–Trinajstić information content (AvgIpc) is 2.26. The fraction of sp³-hybridized carbons (Fsp3) is 0.583. The van der Waals surface area contributed by atoms with Gasteiger partial charge in [0.25, 0.3) is 0 Å². The van der Waals surface area contributed by atoms with Gasteiger partial charge in [-0.1, -0.05) is 32.1 Å². The molecule has 0 bridgehead atoms. The molecule has 0 aliphatic heterocycles. The summed E-state index contributed by atoms with van der Waals surface area (Å²) < 4.78 is 0.